The maximum atomic E-state index is 12.6. The van der Waals surface area contributed by atoms with Crippen LogP contribution in [0.2, 0.25) is 4.47 Å². The molecule has 2 aliphatic heterocycles. The van der Waals surface area contributed by atoms with Gasteiger partial charge in [-0.1, -0.05) is 29.9 Å². The van der Waals surface area contributed by atoms with Gasteiger partial charge in [-0.15, -0.1) is 0 Å². The Morgan fingerprint density at radius 2 is 1.82 bits per heavy atom. The summed E-state index contributed by atoms with van der Waals surface area (Å²) in [6.45, 7) is 5.81. The number of nitrogens with zero attached hydrogens (tertiary/aromatic N) is 3. The normalized spacial score (nSPS) is 23.9. The van der Waals surface area contributed by atoms with Crippen molar-refractivity contribution in [2.45, 2.75) is 42.9 Å². The van der Waals surface area contributed by atoms with Gasteiger partial charge in [-0.3, -0.25) is 0 Å². The van der Waals surface area contributed by atoms with Crippen molar-refractivity contribution in [2.75, 3.05) is 26.2 Å². The Labute approximate surface area is 141 Å². The van der Waals surface area contributed by atoms with Crippen LogP contribution >= 0.6 is 22.9 Å². The monoisotopic (exact) mass is 363 g/mol. The summed E-state index contributed by atoms with van der Waals surface area (Å²) in [7, 11) is -3.42. The molecule has 0 N–H and O–H groups in total. The molecular weight excluding hydrogens is 342 g/mol. The summed E-state index contributed by atoms with van der Waals surface area (Å²) in [5.41, 5.74) is 0. The Hall–Kier alpha value is -0.210. The fourth-order valence-corrected chi connectivity index (χ4v) is 6.25. The molecule has 0 saturated carbocycles. The van der Waals surface area contributed by atoms with Crippen LogP contribution in [-0.4, -0.2) is 54.8 Å². The maximum absolute atomic E-state index is 12.6. The van der Waals surface area contributed by atoms with Gasteiger partial charge in [0.2, 0.25) is 0 Å². The second-order valence-corrected chi connectivity index (χ2v) is 10.1. The van der Waals surface area contributed by atoms with Gasteiger partial charge in [0.25, 0.3) is 10.0 Å². The predicted octanol–water partition coefficient (Wildman–Crippen LogP) is 2.68. The molecule has 3 rings (SSSR count). The smallest absolute Gasteiger partial charge is 0.254 e. The second-order valence-electron chi connectivity index (χ2n) is 6.29. The van der Waals surface area contributed by atoms with E-state index >= 15 is 0 Å². The maximum Gasteiger partial charge on any atom is 0.254 e. The van der Waals surface area contributed by atoms with E-state index in [9.17, 15) is 8.42 Å². The first kappa shape index (κ1) is 16.6. The van der Waals surface area contributed by atoms with Crippen molar-refractivity contribution >= 4 is 33.0 Å². The van der Waals surface area contributed by atoms with Crippen LogP contribution in [0, 0.1) is 5.92 Å². The number of aromatic nitrogens is 1. The summed E-state index contributed by atoms with van der Waals surface area (Å²) < 4.78 is 27.2. The molecule has 0 unspecified atom stereocenters. The third-order valence-corrected chi connectivity index (χ3v) is 8.26. The molecule has 0 atom stereocenters. The van der Waals surface area contributed by atoms with Gasteiger partial charge in [0, 0.05) is 19.1 Å². The van der Waals surface area contributed by atoms with E-state index in [4.69, 9.17) is 11.6 Å². The van der Waals surface area contributed by atoms with Crippen molar-refractivity contribution in [3.63, 3.8) is 0 Å². The number of rotatable bonds is 3. The molecule has 0 amide bonds. The standard InChI is InChI=1S/C14H22ClN3O2S2/c1-11-2-6-17(7-3-11)12-4-8-18(9-5-12)22(19,20)13-10-16-14(15)21-13/h10-12H,2-9H2,1H3. The number of halogens is 1. The number of piperidine rings is 2. The third kappa shape index (κ3) is 3.48. The van der Waals surface area contributed by atoms with Gasteiger partial charge in [-0.2, -0.15) is 4.31 Å². The first-order chi connectivity index (χ1) is 10.5. The van der Waals surface area contributed by atoms with Crippen molar-refractivity contribution in [1.29, 1.82) is 0 Å². The number of hydrogen-bond donors (Lipinski definition) is 0. The van der Waals surface area contributed by atoms with E-state index in [0.717, 1.165) is 43.2 Å². The van der Waals surface area contributed by atoms with E-state index < -0.39 is 10.0 Å². The van der Waals surface area contributed by atoms with E-state index in [0.29, 0.717) is 19.1 Å². The summed E-state index contributed by atoms with van der Waals surface area (Å²) in [6, 6.07) is 0.531. The minimum absolute atomic E-state index is 0.253. The third-order valence-electron chi connectivity index (χ3n) is 4.81. The molecule has 3 heterocycles. The predicted molar refractivity (Wildman–Crippen MR) is 88.9 cm³/mol. The van der Waals surface area contributed by atoms with Crippen LogP contribution in [0.1, 0.15) is 32.6 Å². The summed E-state index contributed by atoms with van der Waals surface area (Å²) in [6.07, 6.45) is 5.72. The lowest BCUT2D eigenvalue weighted by Gasteiger charge is -2.40. The Kier molecular flexibility index (Phi) is 5.09. The molecule has 22 heavy (non-hydrogen) atoms. The molecule has 0 aromatic carbocycles. The number of thiazole rings is 1. The summed E-state index contributed by atoms with van der Waals surface area (Å²) in [5.74, 6) is 0.827. The zero-order valence-electron chi connectivity index (χ0n) is 12.7. The topological polar surface area (TPSA) is 53.5 Å². The number of likely N-dealkylation sites (tertiary alicyclic amines) is 1. The largest absolute Gasteiger partial charge is 0.300 e. The summed E-state index contributed by atoms with van der Waals surface area (Å²) in [5, 5.41) is 0. The molecular formula is C14H22ClN3O2S2. The van der Waals surface area contributed by atoms with Gasteiger partial charge in [-0.25, -0.2) is 13.4 Å². The van der Waals surface area contributed by atoms with Crippen LogP contribution in [0.25, 0.3) is 0 Å². The Morgan fingerprint density at radius 1 is 1.18 bits per heavy atom. The fraction of sp³-hybridized carbons (Fsp3) is 0.786. The molecule has 0 bridgehead atoms. The Balaban J connectivity index is 1.59. The minimum Gasteiger partial charge on any atom is -0.300 e. The van der Waals surface area contributed by atoms with Crippen LogP contribution in [0.5, 0.6) is 0 Å². The lowest BCUT2D eigenvalue weighted by Crippen LogP contribution is -2.48. The molecule has 5 nitrogen and oxygen atoms in total. The Morgan fingerprint density at radius 3 is 2.36 bits per heavy atom. The summed E-state index contributed by atoms with van der Waals surface area (Å²) >= 11 is 6.79. The minimum atomic E-state index is -3.42. The van der Waals surface area contributed by atoms with Crippen LogP contribution in [0.15, 0.2) is 10.4 Å². The Bertz CT molecular complexity index is 603. The molecule has 2 fully saturated rings. The highest BCUT2D eigenvalue weighted by Crippen LogP contribution is 2.29. The van der Waals surface area contributed by atoms with Crippen LogP contribution in [0.3, 0.4) is 0 Å². The first-order valence-electron chi connectivity index (χ1n) is 7.82. The lowest BCUT2D eigenvalue weighted by molar-refractivity contribution is 0.101. The summed E-state index contributed by atoms with van der Waals surface area (Å²) in [4.78, 5) is 6.39. The van der Waals surface area contributed by atoms with E-state index in [1.165, 1.54) is 19.0 Å². The molecule has 1 aromatic rings. The molecule has 0 spiro atoms. The molecule has 2 saturated heterocycles. The van der Waals surface area contributed by atoms with Crippen molar-refractivity contribution in [3.8, 4) is 0 Å². The zero-order chi connectivity index (χ0) is 15.7. The van der Waals surface area contributed by atoms with Gasteiger partial charge in [-0.05, 0) is 44.7 Å². The molecule has 0 aliphatic carbocycles. The fourth-order valence-electron chi connectivity index (χ4n) is 3.33. The quantitative estimate of drug-likeness (QED) is 0.828. The van der Waals surface area contributed by atoms with Crippen LogP contribution < -0.4 is 0 Å². The highest BCUT2D eigenvalue weighted by atomic mass is 35.5. The van der Waals surface area contributed by atoms with Crippen LogP contribution in [-0.2, 0) is 10.0 Å². The molecule has 8 heteroatoms. The highest BCUT2D eigenvalue weighted by Gasteiger charge is 2.33. The first-order valence-corrected chi connectivity index (χ1v) is 10.5. The average molecular weight is 364 g/mol. The lowest BCUT2D eigenvalue weighted by atomic mass is 9.95. The molecule has 2 aliphatic rings. The molecule has 0 radical (unpaired) electrons. The van der Waals surface area contributed by atoms with Crippen LogP contribution in [0.4, 0.5) is 0 Å². The average Bonchev–Trinajstić information content (AvgIpc) is 2.96. The highest BCUT2D eigenvalue weighted by molar-refractivity contribution is 7.91. The van der Waals surface area contributed by atoms with Crippen molar-refractivity contribution in [3.05, 3.63) is 10.7 Å². The van der Waals surface area contributed by atoms with E-state index in [2.05, 4.69) is 16.8 Å². The van der Waals surface area contributed by atoms with Gasteiger partial charge < -0.3 is 4.90 Å². The van der Waals surface area contributed by atoms with Crippen molar-refractivity contribution in [2.24, 2.45) is 5.92 Å². The van der Waals surface area contributed by atoms with E-state index in [1.54, 1.807) is 4.31 Å². The van der Waals surface area contributed by atoms with E-state index in [1.807, 2.05) is 0 Å². The van der Waals surface area contributed by atoms with Gasteiger partial charge in [0.05, 0.1) is 6.20 Å². The second kappa shape index (κ2) is 6.73. The van der Waals surface area contributed by atoms with Gasteiger partial charge >= 0.3 is 0 Å². The van der Waals surface area contributed by atoms with Crippen molar-refractivity contribution in [1.82, 2.24) is 14.2 Å². The van der Waals surface area contributed by atoms with Gasteiger partial charge in [0.1, 0.15) is 0 Å². The molecule has 1 aromatic heterocycles. The SMILES string of the molecule is CC1CCN(C2CCN(S(=O)(=O)c3cnc(Cl)s3)CC2)CC1. The van der Waals surface area contributed by atoms with E-state index in [-0.39, 0.29) is 8.68 Å². The van der Waals surface area contributed by atoms with Gasteiger partial charge in [0.15, 0.2) is 8.68 Å². The zero-order valence-corrected chi connectivity index (χ0v) is 15.1. The number of hydrogen-bond acceptors (Lipinski definition) is 5. The van der Waals surface area contributed by atoms with Crippen molar-refractivity contribution < 1.29 is 8.42 Å². The molecule has 124 valence electrons. The number of sulfonamides is 1.